The Labute approximate surface area is 193 Å². The average molecular weight is 478 g/mol. The van der Waals surface area contributed by atoms with Gasteiger partial charge in [0, 0.05) is 42.8 Å². The number of fused-ring (bicyclic) bond motifs is 1. The number of nitrogens with one attached hydrogen (secondary N) is 2. The minimum atomic E-state index is -2.63. The summed E-state index contributed by atoms with van der Waals surface area (Å²) in [7, 11) is 0. The van der Waals surface area contributed by atoms with E-state index in [1.807, 2.05) is 16.8 Å². The molecule has 0 aromatic carbocycles. The zero-order valence-electron chi connectivity index (χ0n) is 17.8. The van der Waals surface area contributed by atoms with Crippen molar-refractivity contribution >= 4 is 34.5 Å². The summed E-state index contributed by atoms with van der Waals surface area (Å²) in [5, 5.41) is 11.2. The Hall–Kier alpha value is -1.82. The molecule has 3 aliphatic rings. The maximum atomic E-state index is 13.1. The third-order valence-electron chi connectivity index (χ3n) is 6.99. The van der Waals surface area contributed by atoms with Crippen LogP contribution >= 0.6 is 23.3 Å². The highest BCUT2D eigenvalue weighted by molar-refractivity contribution is 7.97. The normalized spacial score (nSPS) is 21.4. The van der Waals surface area contributed by atoms with Crippen LogP contribution in [-0.4, -0.2) is 51.3 Å². The lowest BCUT2D eigenvalue weighted by molar-refractivity contribution is 0.126. The van der Waals surface area contributed by atoms with Crippen LogP contribution in [0.25, 0.3) is 16.3 Å². The highest BCUT2D eigenvalue weighted by atomic mass is 32.2. The molecule has 2 aliphatic heterocycles. The minimum absolute atomic E-state index is 0.192. The van der Waals surface area contributed by atoms with E-state index in [1.54, 1.807) is 11.9 Å². The smallest absolute Gasteiger partial charge is 0.291 e. The molecule has 1 spiro atoms. The van der Waals surface area contributed by atoms with Gasteiger partial charge in [-0.25, -0.2) is 13.8 Å². The van der Waals surface area contributed by atoms with Gasteiger partial charge in [-0.1, -0.05) is 11.3 Å². The van der Waals surface area contributed by atoms with Crippen molar-refractivity contribution in [3.63, 3.8) is 0 Å². The molecule has 32 heavy (non-hydrogen) atoms. The fourth-order valence-corrected chi connectivity index (χ4v) is 6.05. The van der Waals surface area contributed by atoms with Gasteiger partial charge < -0.3 is 10.2 Å². The van der Waals surface area contributed by atoms with Crippen molar-refractivity contribution in [1.82, 2.24) is 29.6 Å². The van der Waals surface area contributed by atoms with Crippen molar-refractivity contribution in [1.29, 1.82) is 0 Å². The van der Waals surface area contributed by atoms with E-state index in [2.05, 4.69) is 43.1 Å². The van der Waals surface area contributed by atoms with Crippen molar-refractivity contribution in [3.8, 4) is 10.8 Å². The Balaban J connectivity index is 1.37. The largest absolute Gasteiger partial charge is 0.370 e. The van der Waals surface area contributed by atoms with Crippen LogP contribution in [0.5, 0.6) is 0 Å². The molecule has 3 aromatic rings. The third kappa shape index (κ3) is 3.68. The van der Waals surface area contributed by atoms with Crippen LogP contribution in [-0.2, 0) is 0 Å². The standard InChI is InChI=1S/C21H25F2N7S2/c1-20(2-3-20)28-32-13-8-14(29-6-4-21(5-7-29)11-24-12-21)15-9-25-17(30(15)10-13)19-27-26-18(31-19)16(22)23/h8-10,16,24,28H,2-7,11-12H2,1H3. The van der Waals surface area contributed by atoms with Crippen LogP contribution in [0.4, 0.5) is 14.5 Å². The molecule has 1 saturated carbocycles. The van der Waals surface area contributed by atoms with Crippen molar-refractivity contribution in [2.24, 2.45) is 5.41 Å². The molecule has 1 aliphatic carbocycles. The van der Waals surface area contributed by atoms with E-state index in [4.69, 9.17) is 0 Å². The number of halogens is 2. The second kappa shape index (κ2) is 7.61. The predicted octanol–water partition coefficient (Wildman–Crippen LogP) is 4.13. The van der Waals surface area contributed by atoms with Gasteiger partial charge in [0.1, 0.15) is 0 Å². The second-order valence-electron chi connectivity index (χ2n) is 9.50. The van der Waals surface area contributed by atoms with Crippen LogP contribution in [0.1, 0.15) is 44.0 Å². The summed E-state index contributed by atoms with van der Waals surface area (Å²) in [6.45, 7) is 6.48. The summed E-state index contributed by atoms with van der Waals surface area (Å²) in [4.78, 5) is 8.09. The molecular weight excluding hydrogens is 452 g/mol. The summed E-state index contributed by atoms with van der Waals surface area (Å²) in [5.74, 6) is 0.558. The monoisotopic (exact) mass is 477 g/mol. The fourth-order valence-electron chi connectivity index (χ4n) is 4.46. The molecule has 3 fully saturated rings. The SMILES string of the molecule is CC1(NSc2cc(N3CCC4(CC3)CNC4)c3cnc(-c4nnc(C(F)F)s4)n3c2)CC1. The van der Waals surface area contributed by atoms with Crippen molar-refractivity contribution in [2.75, 3.05) is 31.1 Å². The average Bonchev–Trinajstić information content (AvgIpc) is 3.16. The summed E-state index contributed by atoms with van der Waals surface area (Å²) in [6, 6.07) is 2.23. The highest BCUT2D eigenvalue weighted by Gasteiger charge is 2.40. The summed E-state index contributed by atoms with van der Waals surface area (Å²) >= 11 is 2.53. The molecule has 170 valence electrons. The first kappa shape index (κ1) is 20.8. The molecule has 7 nitrogen and oxygen atoms in total. The van der Waals surface area contributed by atoms with Gasteiger partial charge in [-0.15, -0.1) is 10.2 Å². The highest BCUT2D eigenvalue weighted by Crippen LogP contribution is 2.41. The Morgan fingerprint density at radius 2 is 1.97 bits per heavy atom. The number of alkyl halides is 2. The van der Waals surface area contributed by atoms with E-state index in [9.17, 15) is 8.78 Å². The quantitative estimate of drug-likeness (QED) is 0.518. The lowest BCUT2D eigenvalue weighted by Crippen LogP contribution is -2.58. The number of imidazole rings is 1. The zero-order valence-corrected chi connectivity index (χ0v) is 19.4. The molecule has 5 heterocycles. The molecule has 3 aromatic heterocycles. The Morgan fingerprint density at radius 1 is 1.19 bits per heavy atom. The van der Waals surface area contributed by atoms with Gasteiger partial charge in [0.25, 0.3) is 6.43 Å². The van der Waals surface area contributed by atoms with E-state index in [1.165, 1.54) is 25.7 Å². The topological polar surface area (TPSA) is 70.4 Å². The molecule has 11 heteroatoms. The van der Waals surface area contributed by atoms with Gasteiger partial charge >= 0.3 is 0 Å². The lowest BCUT2D eigenvalue weighted by Gasteiger charge is -2.49. The number of rotatable bonds is 6. The molecule has 0 atom stereocenters. The number of aromatic nitrogens is 4. The Bertz CT molecular complexity index is 1140. The summed E-state index contributed by atoms with van der Waals surface area (Å²) in [5.41, 5.74) is 2.76. The third-order valence-corrected chi connectivity index (χ3v) is 8.97. The Kier molecular flexibility index (Phi) is 4.94. The molecule has 6 rings (SSSR count). The molecule has 2 saturated heterocycles. The van der Waals surface area contributed by atoms with E-state index in [-0.39, 0.29) is 10.5 Å². The summed E-state index contributed by atoms with van der Waals surface area (Å²) < 4.78 is 31.7. The molecular formula is C21H25F2N7S2. The number of hydrogen-bond donors (Lipinski definition) is 2. The Morgan fingerprint density at radius 3 is 2.59 bits per heavy atom. The van der Waals surface area contributed by atoms with Crippen molar-refractivity contribution in [3.05, 3.63) is 23.5 Å². The number of piperidine rings is 1. The zero-order chi connectivity index (χ0) is 21.9. The predicted molar refractivity (Wildman–Crippen MR) is 122 cm³/mol. The number of pyridine rings is 1. The first-order valence-corrected chi connectivity index (χ1v) is 12.6. The van der Waals surface area contributed by atoms with Crippen LogP contribution in [0, 0.1) is 5.41 Å². The molecule has 0 amide bonds. The molecule has 0 radical (unpaired) electrons. The fraction of sp³-hybridized carbons (Fsp3) is 0.571. The molecule has 2 N–H and O–H groups in total. The summed E-state index contributed by atoms with van der Waals surface area (Å²) in [6.07, 6.45) is 5.93. The van der Waals surface area contributed by atoms with Crippen LogP contribution in [0.2, 0.25) is 0 Å². The van der Waals surface area contributed by atoms with E-state index in [0.717, 1.165) is 53.6 Å². The first-order valence-electron chi connectivity index (χ1n) is 11.0. The van der Waals surface area contributed by atoms with Crippen LogP contribution in [0.15, 0.2) is 23.4 Å². The van der Waals surface area contributed by atoms with Gasteiger partial charge in [-0.2, -0.15) is 0 Å². The minimum Gasteiger partial charge on any atom is -0.370 e. The maximum Gasteiger partial charge on any atom is 0.291 e. The van der Waals surface area contributed by atoms with Crippen molar-refractivity contribution in [2.45, 2.75) is 49.5 Å². The lowest BCUT2D eigenvalue weighted by atomic mass is 9.73. The van der Waals surface area contributed by atoms with Gasteiger partial charge in [-0.3, -0.25) is 9.12 Å². The van der Waals surface area contributed by atoms with Crippen LogP contribution < -0.4 is 14.9 Å². The van der Waals surface area contributed by atoms with Gasteiger partial charge in [0.2, 0.25) is 0 Å². The van der Waals surface area contributed by atoms with Gasteiger partial charge in [0.05, 0.1) is 17.4 Å². The number of nitrogens with zero attached hydrogens (tertiary/aromatic N) is 5. The van der Waals surface area contributed by atoms with Crippen LogP contribution in [0.3, 0.4) is 0 Å². The molecule has 0 bridgehead atoms. The number of hydrogen-bond acceptors (Lipinski definition) is 8. The maximum absolute atomic E-state index is 13.1. The van der Waals surface area contributed by atoms with E-state index in [0.29, 0.717) is 16.2 Å². The van der Waals surface area contributed by atoms with Crippen molar-refractivity contribution < 1.29 is 8.78 Å². The first-order chi connectivity index (χ1) is 15.4. The van der Waals surface area contributed by atoms with Gasteiger partial charge in [0.15, 0.2) is 15.8 Å². The van der Waals surface area contributed by atoms with E-state index < -0.39 is 6.43 Å². The van der Waals surface area contributed by atoms with Gasteiger partial charge in [-0.05, 0) is 56.0 Å². The second-order valence-corrected chi connectivity index (χ2v) is 11.4. The van der Waals surface area contributed by atoms with E-state index >= 15 is 0 Å². The molecule has 0 unspecified atom stereocenters. The number of anilines is 1.